The van der Waals surface area contributed by atoms with Crippen LogP contribution in [0.25, 0.3) is 0 Å². The second-order valence-electron chi connectivity index (χ2n) is 3.38. The molecule has 0 spiro atoms. The minimum absolute atomic E-state index is 0.0956. The first-order chi connectivity index (χ1) is 8.44. The van der Waals surface area contributed by atoms with Gasteiger partial charge in [-0.2, -0.15) is 0 Å². The summed E-state index contributed by atoms with van der Waals surface area (Å²) in [4.78, 5) is 9.67. The lowest BCUT2D eigenvalue weighted by molar-refractivity contribution is -0.387. The number of hydrogen-bond acceptors (Lipinski definition) is 6. The number of sulfone groups is 1. The molecule has 0 radical (unpaired) electrons. The molecule has 0 amide bonds. The van der Waals surface area contributed by atoms with Crippen molar-refractivity contribution in [1.29, 1.82) is 0 Å². The van der Waals surface area contributed by atoms with Gasteiger partial charge in [0.25, 0.3) is 5.69 Å². The Kier molecular flexibility index (Phi) is 3.05. The first kappa shape index (κ1) is 12.5. The van der Waals surface area contributed by atoms with E-state index in [1.165, 1.54) is 29.6 Å². The van der Waals surface area contributed by atoms with Gasteiger partial charge in [0.05, 0.1) is 4.92 Å². The first-order valence-electron chi connectivity index (χ1n) is 4.76. The highest BCUT2D eigenvalue weighted by atomic mass is 32.2. The Bertz CT molecular complexity index is 706. The van der Waals surface area contributed by atoms with Crippen LogP contribution in [0, 0.1) is 10.1 Å². The van der Waals surface area contributed by atoms with Crippen LogP contribution in [0.3, 0.4) is 0 Å². The summed E-state index contributed by atoms with van der Waals surface area (Å²) in [7, 11) is -3.96. The molecule has 1 aromatic heterocycles. The van der Waals surface area contributed by atoms with E-state index in [0.29, 0.717) is 0 Å². The maximum Gasteiger partial charge on any atom is 0.288 e. The average Bonchev–Trinajstić information content (AvgIpc) is 2.76. The zero-order valence-electron chi connectivity index (χ0n) is 8.94. The van der Waals surface area contributed by atoms with Gasteiger partial charge < -0.3 is 5.73 Å². The summed E-state index contributed by atoms with van der Waals surface area (Å²) >= 11 is 1.07. The zero-order chi connectivity index (χ0) is 13.3. The average molecular weight is 284 g/mol. The van der Waals surface area contributed by atoms with E-state index in [4.69, 9.17) is 5.73 Å². The lowest BCUT2D eigenvalue weighted by Gasteiger charge is -2.04. The number of rotatable bonds is 3. The molecule has 1 aromatic carbocycles. The number of nitrogen functional groups attached to an aromatic ring is 1. The largest absolute Gasteiger partial charge is 0.390 e. The second-order valence-corrected chi connectivity index (χ2v) is 6.21. The van der Waals surface area contributed by atoms with Crippen molar-refractivity contribution in [3.05, 3.63) is 45.8 Å². The number of nitrogens with zero attached hydrogens (tertiary/aromatic N) is 1. The highest BCUT2D eigenvalue weighted by molar-refractivity contribution is 7.92. The van der Waals surface area contributed by atoms with Crippen LogP contribution in [0.1, 0.15) is 0 Å². The molecule has 0 unspecified atom stereocenters. The van der Waals surface area contributed by atoms with Crippen molar-refractivity contribution >= 4 is 31.9 Å². The maximum absolute atomic E-state index is 12.3. The van der Waals surface area contributed by atoms with Gasteiger partial charge in [-0.25, -0.2) is 8.42 Å². The first-order valence-corrected chi connectivity index (χ1v) is 7.12. The molecular formula is C10H8N2O4S2. The molecule has 1 heterocycles. The van der Waals surface area contributed by atoms with Crippen molar-refractivity contribution in [3.8, 4) is 0 Å². The van der Waals surface area contributed by atoms with Gasteiger partial charge in [0.15, 0.2) is 0 Å². The highest BCUT2D eigenvalue weighted by Gasteiger charge is 2.28. The molecule has 2 aromatic rings. The molecule has 0 aliphatic rings. The number of thiophene rings is 1. The fourth-order valence-electron chi connectivity index (χ4n) is 1.49. The number of nitro groups is 1. The third kappa shape index (κ3) is 1.95. The van der Waals surface area contributed by atoms with Gasteiger partial charge in [0.1, 0.15) is 14.8 Å². The molecule has 0 aliphatic carbocycles. The van der Waals surface area contributed by atoms with E-state index in [1.807, 2.05) is 0 Å². The molecular weight excluding hydrogens is 276 g/mol. The Morgan fingerprint density at radius 3 is 2.39 bits per heavy atom. The van der Waals surface area contributed by atoms with Gasteiger partial charge >= 0.3 is 0 Å². The van der Waals surface area contributed by atoms with Crippen LogP contribution < -0.4 is 5.73 Å². The fourth-order valence-corrected chi connectivity index (χ4v) is 4.00. The van der Waals surface area contributed by atoms with E-state index in [-0.39, 0.29) is 14.8 Å². The number of benzene rings is 1. The smallest absolute Gasteiger partial charge is 0.288 e. The molecule has 0 saturated heterocycles. The lowest BCUT2D eigenvalue weighted by atomic mass is 10.3. The van der Waals surface area contributed by atoms with E-state index in [1.54, 1.807) is 0 Å². The van der Waals surface area contributed by atoms with Gasteiger partial charge in [-0.1, -0.05) is 12.1 Å². The van der Waals surface area contributed by atoms with Crippen molar-refractivity contribution in [2.75, 3.05) is 5.73 Å². The van der Waals surface area contributed by atoms with Crippen LogP contribution in [-0.4, -0.2) is 13.3 Å². The van der Waals surface area contributed by atoms with Crippen LogP contribution in [0.4, 0.5) is 10.7 Å². The Balaban J connectivity index is 2.70. The molecule has 0 bridgehead atoms. The van der Waals surface area contributed by atoms with Gasteiger partial charge in [0, 0.05) is 6.07 Å². The summed E-state index contributed by atoms with van der Waals surface area (Å²) < 4.78 is 24.5. The number of para-hydroxylation sites is 1. The Hall–Kier alpha value is -1.93. The zero-order valence-corrected chi connectivity index (χ0v) is 10.6. The highest BCUT2D eigenvalue weighted by Crippen LogP contribution is 2.33. The SMILES string of the molecule is Nc1sccc1S(=O)(=O)c1ccccc1[N+](=O)[O-]. The second kappa shape index (κ2) is 4.39. The quantitative estimate of drug-likeness (QED) is 0.686. The third-order valence-electron chi connectivity index (χ3n) is 2.30. The molecule has 6 nitrogen and oxygen atoms in total. The summed E-state index contributed by atoms with van der Waals surface area (Å²) in [5, 5.41) is 12.5. The van der Waals surface area contributed by atoms with Crippen molar-refractivity contribution in [1.82, 2.24) is 0 Å². The van der Waals surface area contributed by atoms with Crippen LogP contribution in [0.2, 0.25) is 0 Å². The standard InChI is InChI=1S/C10H8N2O4S2/c11-10-9(5-6-17-10)18(15,16)8-4-2-1-3-7(8)12(13)14/h1-6H,11H2. The van der Waals surface area contributed by atoms with E-state index in [9.17, 15) is 18.5 Å². The number of hydrogen-bond donors (Lipinski definition) is 1. The summed E-state index contributed by atoms with van der Waals surface area (Å²) in [5.74, 6) is 0. The summed E-state index contributed by atoms with van der Waals surface area (Å²) in [6.45, 7) is 0. The predicted molar refractivity (Wildman–Crippen MR) is 67.3 cm³/mol. The maximum atomic E-state index is 12.3. The van der Waals surface area contributed by atoms with E-state index in [0.717, 1.165) is 17.4 Å². The summed E-state index contributed by atoms with van der Waals surface area (Å²) in [6.07, 6.45) is 0. The van der Waals surface area contributed by atoms with Crippen molar-refractivity contribution in [2.45, 2.75) is 9.79 Å². The van der Waals surface area contributed by atoms with Crippen molar-refractivity contribution in [3.63, 3.8) is 0 Å². The van der Waals surface area contributed by atoms with Crippen LogP contribution in [-0.2, 0) is 9.84 Å². The van der Waals surface area contributed by atoms with Crippen LogP contribution in [0.5, 0.6) is 0 Å². The monoisotopic (exact) mass is 284 g/mol. The van der Waals surface area contributed by atoms with Gasteiger partial charge in [-0.3, -0.25) is 10.1 Å². The van der Waals surface area contributed by atoms with Crippen LogP contribution in [0.15, 0.2) is 45.5 Å². The van der Waals surface area contributed by atoms with E-state index in [2.05, 4.69) is 0 Å². The molecule has 0 atom stereocenters. The fraction of sp³-hybridized carbons (Fsp3) is 0. The lowest BCUT2D eigenvalue weighted by Crippen LogP contribution is -2.06. The van der Waals surface area contributed by atoms with Gasteiger partial charge in [0.2, 0.25) is 9.84 Å². The number of nitro benzene ring substituents is 1. The normalized spacial score (nSPS) is 11.3. The van der Waals surface area contributed by atoms with Crippen molar-refractivity contribution < 1.29 is 13.3 Å². The van der Waals surface area contributed by atoms with Gasteiger partial charge in [-0.15, -0.1) is 11.3 Å². The molecule has 8 heteroatoms. The topological polar surface area (TPSA) is 103 Å². The summed E-state index contributed by atoms with van der Waals surface area (Å²) in [6, 6.07) is 6.53. The molecule has 94 valence electrons. The molecule has 0 fully saturated rings. The van der Waals surface area contributed by atoms with E-state index < -0.39 is 20.4 Å². The molecule has 18 heavy (non-hydrogen) atoms. The number of anilines is 1. The minimum Gasteiger partial charge on any atom is -0.390 e. The van der Waals surface area contributed by atoms with Crippen molar-refractivity contribution in [2.24, 2.45) is 0 Å². The Morgan fingerprint density at radius 1 is 1.17 bits per heavy atom. The predicted octanol–water partition coefficient (Wildman–Crippen LogP) is 2.07. The molecule has 0 aliphatic heterocycles. The number of nitrogens with two attached hydrogens (primary N) is 1. The minimum atomic E-state index is -3.96. The third-order valence-corrected chi connectivity index (χ3v) is 5.03. The Labute approximate surface area is 107 Å². The van der Waals surface area contributed by atoms with Crippen LogP contribution >= 0.6 is 11.3 Å². The summed E-state index contributed by atoms with van der Waals surface area (Å²) in [5.41, 5.74) is 5.10. The molecule has 2 N–H and O–H groups in total. The van der Waals surface area contributed by atoms with Gasteiger partial charge in [-0.05, 0) is 17.5 Å². The molecule has 0 saturated carbocycles. The Morgan fingerprint density at radius 2 is 1.83 bits per heavy atom. The molecule has 2 rings (SSSR count). The van der Waals surface area contributed by atoms with E-state index >= 15 is 0 Å².